The van der Waals surface area contributed by atoms with Gasteiger partial charge in [0.2, 0.25) is 0 Å². The number of hydrogen-bond acceptors (Lipinski definition) is 30. The monoisotopic (exact) mass is 1850 g/mol. The van der Waals surface area contributed by atoms with E-state index in [0.717, 1.165) is 161 Å². The summed E-state index contributed by atoms with van der Waals surface area (Å²) in [4.78, 5) is 201. The van der Waals surface area contributed by atoms with E-state index >= 15 is 0 Å². The molecule has 0 bridgehead atoms. The minimum Gasteiger partial charge on any atom is -0.462 e. The van der Waals surface area contributed by atoms with Gasteiger partial charge in [0.1, 0.15) is 79.3 Å². The Morgan fingerprint density at radius 1 is 0.185 bits per heavy atom. The van der Waals surface area contributed by atoms with Crippen molar-refractivity contribution in [2.45, 2.75) is 337 Å². The van der Waals surface area contributed by atoms with Gasteiger partial charge in [-0.1, -0.05) is 202 Å². The number of amides is 3. The summed E-state index contributed by atoms with van der Waals surface area (Å²) >= 11 is 0. The van der Waals surface area contributed by atoms with E-state index in [1.807, 2.05) is 14.7 Å². The van der Waals surface area contributed by atoms with Gasteiger partial charge in [-0.15, -0.1) is 0 Å². The van der Waals surface area contributed by atoms with E-state index in [-0.39, 0.29) is 307 Å². The molecule has 33 nitrogen and oxygen atoms in total. The lowest BCUT2D eigenvalue weighted by molar-refractivity contribution is -0.153. The third kappa shape index (κ3) is 72.8. The molecule has 3 amide bonds. The number of benzene rings is 1. The number of ether oxygens (including phenoxy) is 12. The molecule has 0 radical (unpaired) electrons. The molecular formula is C97H164N6O27. The van der Waals surface area contributed by atoms with E-state index in [0.29, 0.717) is 38.5 Å². The van der Waals surface area contributed by atoms with Crippen molar-refractivity contribution in [3.05, 3.63) is 34.9 Å². The number of nitrogens with one attached hydrogen (secondary N) is 3. The minimum atomic E-state index is -0.667. The van der Waals surface area contributed by atoms with Crippen LogP contribution in [-0.4, -0.2) is 262 Å². The van der Waals surface area contributed by atoms with E-state index in [4.69, 9.17) is 56.8 Å². The Bertz CT molecular complexity index is 2980. The van der Waals surface area contributed by atoms with Gasteiger partial charge in [0.25, 0.3) is 17.7 Å². The Kier molecular flexibility index (Phi) is 77.4. The van der Waals surface area contributed by atoms with Crippen LogP contribution in [0, 0.1) is 0 Å². The molecule has 130 heavy (non-hydrogen) atoms. The Morgan fingerprint density at radius 2 is 0.323 bits per heavy atom. The van der Waals surface area contributed by atoms with Crippen LogP contribution in [-0.2, 0) is 114 Å². The molecule has 0 saturated carbocycles. The molecule has 1 aromatic rings. The third-order valence-electron chi connectivity index (χ3n) is 21.1. The third-order valence-corrected chi connectivity index (χ3v) is 21.1. The number of nitrogens with zero attached hydrogens (tertiary/aromatic N) is 3. The number of hydrogen-bond donors (Lipinski definition) is 3. The summed E-state index contributed by atoms with van der Waals surface area (Å²) in [7, 11) is 0. The van der Waals surface area contributed by atoms with Crippen LogP contribution in [0.1, 0.15) is 368 Å². The summed E-state index contributed by atoms with van der Waals surface area (Å²) in [6.45, 7) is 12.6. The normalized spacial score (nSPS) is 11.1. The first-order chi connectivity index (χ1) is 63.0. The Morgan fingerprint density at radius 3 is 0.477 bits per heavy atom. The maximum absolute atomic E-state index is 14.4. The Balaban J connectivity index is 3.56. The van der Waals surface area contributed by atoms with Gasteiger partial charge < -0.3 is 87.5 Å². The highest BCUT2D eigenvalue weighted by Crippen LogP contribution is 2.17. The quantitative estimate of drug-likeness (QED) is 0.0310. The molecule has 0 unspecified atom stereocenters. The second-order valence-corrected chi connectivity index (χ2v) is 32.6. The van der Waals surface area contributed by atoms with Crippen molar-refractivity contribution < 1.29 is 129 Å². The van der Waals surface area contributed by atoms with E-state index in [1.165, 1.54) is 18.2 Å². The van der Waals surface area contributed by atoms with Crippen LogP contribution in [0.25, 0.3) is 0 Å². The standard InChI is InChI=1S/C97H164N6O27/c1-7-13-19-25-31-37-46-88(109)124-70-76-130-94(115)52-64-103(63-51-93(114)129-75-69-123-87(108)45-36-30-24-18-12-6)58-40-55-100-97(118)82-78-80(95(116)98-53-38-56-101(59-47-89(110)125-71-65-119-83(104)41-32-26-20-14-8-2)60-48-90(111)126-72-66-120-84(105)42-33-27-21-15-9-3)77-81(79-82)96(117)99-54-39-57-102(61-49-91(112)127-73-67-121-85(106)43-34-28-22-16-10-4)62-50-92(113)128-74-68-122-86(107)44-35-29-23-17-11-5/h77-79H,7-76H2,1-6H3,(H,98,116)(H,99,117)(H,100,118). The summed E-state index contributed by atoms with van der Waals surface area (Å²) in [5, 5.41) is 8.58. The van der Waals surface area contributed by atoms with Crippen molar-refractivity contribution in [1.82, 2.24) is 30.7 Å². The molecule has 1 aromatic carbocycles. The summed E-state index contributed by atoms with van der Waals surface area (Å²) in [5.74, 6) is -7.75. The maximum atomic E-state index is 14.4. The SMILES string of the molecule is CCCCCCCCC(=O)OCCOC(=O)CCN(CCCNC(=O)c1cc(C(=O)NCCCN(CCC(=O)OCCOC(=O)CCCCCCC)CCC(=O)OCCOC(=O)CCCCCCC)cc(C(=O)NCCCN(CCC(=O)OCCOC(=O)CCCCCCC)CCC(=O)OCCOC(=O)CCCCCCC)c1)CCC(=O)OCCOC(=O)CCCCCCC. The first-order valence-electron chi connectivity index (χ1n) is 49.1. The minimum absolute atomic E-state index is 0.0288. The van der Waals surface area contributed by atoms with Crippen molar-refractivity contribution in [3.63, 3.8) is 0 Å². The molecule has 0 aliphatic carbocycles. The molecule has 0 heterocycles. The summed E-state index contributed by atoms with van der Waals surface area (Å²) in [6, 6.07) is 3.98. The number of unbranched alkanes of at least 4 members (excludes halogenated alkanes) is 25. The zero-order valence-corrected chi connectivity index (χ0v) is 80.1. The highest BCUT2D eigenvalue weighted by atomic mass is 16.6. The summed E-state index contributed by atoms with van der Waals surface area (Å²) in [6.07, 6.45) is 31.8. The van der Waals surface area contributed by atoms with Crippen molar-refractivity contribution in [2.24, 2.45) is 0 Å². The molecule has 1 rings (SSSR count). The molecule has 33 heteroatoms. The van der Waals surface area contributed by atoms with Crippen molar-refractivity contribution in [1.29, 1.82) is 0 Å². The largest absolute Gasteiger partial charge is 0.462 e. The van der Waals surface area contributed by atoms with Crippen molar-refractivity contribution >= 4 is 89.4 Å². The van der Waals surface area contributed by atoms with Crippen molar-refractivity contribution in [3.8, 4) is 0 Å². The zero-order valence-electron chi connectivity index (χ0n) is 80.1. The summed E-state index contributed by atoms with van der Waals surface area (Å²) in [5.41, 5.74) is -0.209. The fourth-order valence-corrected chi connectivity index (χ4v) is 13.5. The molecule has 744 valence electrons. The number of rotatable bonds is 88. The fourth-order valence-electron chi connectivity index (χ4n) is 13.5. The lowest BCUT2D eigenvalue weighted by Gasteiger charge is -2.22. The molecular weight excluding hydrogens is 1680 g/mol. The van der Waals surface area contributed by atoms with Crippen LogP contribution in [0.4, 0.5) is 0 Å². The van der Waals surface area contributed by atoms with Crippen LogP contribution >= 0.6 is 0 Å². The number of carbonyl (C=O) groups is 15. The number of carbonyl (C=O) groups excluding carboxylic acids is 15. The van der Waals surface area contributed by atoms with Gasteiger partial charge in [0, 0.05) is 114 Å². The van der Waals surface area contributed by atoms with Crippen LogP contribution in [0.5, 0.6) is 0 Å². The molecule has 0 aromatic heterocycles. The molecule has 0 aliphatic rings. The van der Waals surface area contributed by atoms with Gasteiger partial charge in [-0.3, -0.25) is 71.9 Å². The first-order valence-corrected chi connectivity index (χ1v) is 49.1. The average Bonchev–Trinajstić information content (AvgIpc) is 0.825. The molecule has 0 saturated heterocycles. The van der Waals surface area contributed by atoms with Crippen LogP contribution in [0.2, 0.25) is 0 Å². The van der Waals surface area contributed by atoms with Gasteiger partial charge in [0.15, 0.2) is 0 Å². The van der Waals surface area contributed by atoms with Crippen LogP contribution < -0.4 is 16.0 Å². The molecule has 0 fully saturated rings. The van der Waals surface area contributed by atoms with E-state index < -0.39 is 53.5 Å². The predicted molar refractivity (Wildman–Crippen MR) is 491 cm³/mol. The van der Waals surface area contributed by atoms with E-state index in [1.54, 1.807) is 0 Å². The van der Waals surface area contributed by atoms with Gasteiger partial charge in [0.05, 0.1) is 38.5 Å². The van der Waals surface area contributed by atoms with Crippen LogP contribution in [0.15, 0.2) is 18.2 Å². The van der Waals surface area contributed by atoms with Crippen LogP contribution in [0.3, 0.4) is 0 Å². The molecule has 0 atom stereocenters. The van der Waals surface area contributed by atoms with Gasteiger partial charge in [-0.2, -0.15) is 0 Å². The zero-order chi connectivity index (χ0) is 95.3. The lowest BCUT2D eigenvalue weighted by atomic mass is 10.0. The molecule has 3 N–H and O–H groups in total. The second-order valence-electron chi connectivity index (χ2n) is 32.6. The molecule has 0 aliphatic heterocycles. The van der Waals surface area contributed by atoms with E-state index in [2.05, 4.69) is 57.5 Å². The summed E-state index contributed by atoms with van der Waals surface area (Å²) < 4.78 is 63.9. The second kappa shape index (κ2) is 84.4. The average molecular weight is 1850 g/mol. The molecule has 0 spiro atoms. The Labute approximate surface area is 774 Å². The first kappa shape index (κ1) is 119. The van der Waals surface area contributed by atoms with Gasteiger partial charge in [-0.25, -0.2) is 0 Å². The highest BCUT2D eigenvalue weighted by molar-refractivity contribution is 6.04. The van der Waals surface area contributed by atoms with E-state index in [9.17, 15) is 71.9 Å². The Hall–Kier alpha value is -8.85. The topological polar surface area (TPSA) is 413 Å². The smallest absolute Gasteiger partial charge is 0.307 e. The van der Waals surface area contributed by atoms with Gasteiger partial charge in [-0.05, 0) is 95.6 Å². The lowest BCUT2D eigenvalue weighted by Crippen LogP contribution is -2.34. The van der Waals surface area contributed by atoms with Crippen molar-refractivity contribution in [2.75, 3.05) is 158 Å². The predicted octanol–water partition coefficient (Wildman–Crippen LogP) is 14.4. The number of esters is 12. The maximum Gasteiger partial charge on any atom is 0.307 e. The van der Waals surface area contributed by atoms with Gasteiger partial charge >= 0.3 is 71.6 Å². The fraction of sp³-hybridized carbons (Fsp3) is 0.784. The highest BCUT2D eigenvalue weighted by Gasteiger charge is 2.22.